The first-order valence-corrected chi connectivity index (χ1v) is 8.20. The molecule has 0 aliphatic heterocycles. The first kappa shape index (κ1) is 17.3. The van der Waals surface area contributed by atoms with Gasteiger partial charge in [-0.2, -0.15) is 13.2 Å². The Morgan fingerprint density at radius 3 is 2.68 bits per heavy atom. The molecule has 1 N–H and O–H groups in total. The highest BCUT2D eigenvalue weighted by Crippen LogP contribution is 2.27. The lowest BCUT2D eigenvalue weighted by Crippen LogP contribution is -2.26. The predicted octanol–water partition coefficient (Wildman–Crippen LogP) is 3.39. The maximum absolute atomic E-state index is 12.8. The van der Waals surface area contributed by atoms with Crippen molar-refractivity contribution in [2.24, 2.45) is 0 Å². The zero-order valence-corrected chi connectivity index (χ0v) is 13.9. The summed E-state index contributed by atoms with van der Waals surface area (Å²) in [6.07, 6.45) is -4.42. The number of para-hydroxylation sites is 1. The number of aromatic nitrogens is 3. The fraction of sp³-hybridized carbons (Fsp3) is 0.250. The maximum Gasteiger partial charge on any atom is 0.433 e. The highest BCUT2D eigenvalue weighted by Gasteiger charge is 2.33. The molecule has 0 radical (unpaired) electrons. The molecular weight excluding hydrogens is 353 g/mol. The van der Waals surface area contributed by atoms with Crippen LogP contribution in [0.15, 0.2) is 30.3 Å². The van der Waals surface area contributed by atoms with Gasteiger partial charge >= 0.3 is 6.18 Å². The number of alkyl halides is 3. The molecule has 3 rings (SSSR count). The second-order valence-corrected chi connectivity index (χ2v) is 6.33. The Bertz CT molecular complexity index is 890. The summed E-state index contributed by atoms with van der Waals surface area (Å²) in [5.41, 5.74) is -0.0168. The molecule has 9 heteroatoms. The van der Waals surface area contributed by atoms with Crippen LogP contribution in [0.3, 0.4) is 0 Å². The van der Waals surface area contributed by atoms with Crippen LogP contribution in [0, 0.1) is 6.92 Å². The molecule has 0 fully saturated rings. The number of halogens is 3. The number of nitrogens with zero attached hydrogens (tertiary/aromatic N) is 3. The highest BCUT2D eigenvalue weighted by molar-refractivity contribution is 7.20. The van der Waals surface area contributed by atoms with E-state index in [1.807, 2.05) is 24.3 Å². The minimum Gasteiger partial charge on any atom is -0.350 e. The van der Waals surface area contributed by atoms with Crippen LogP contribution in [-0.4, -0.2) is 27.4 Å². The van der Waals surface area contributed by atoms with Crippen molar-refractivity contribution in [1.29, 1.82) is 0 Å². The normalized spacial score (nSPS) is 11.7. The quantitative estimate of drug-likeness (QED) is 0.769. The summed E-state index contributed by atoms with van der Waals surface area (Å²) in [5.74, 6) is -0.332. The lowest BCUT2D eigenvalue weighted by atomic mass is 10.3. The van der Waals surface area contributed by atoms with Crippen LogP contribution in [0.25, 0.3) is 10.2 Å². The highest BCUT2D eigenvalue weighted by atomic mass is 32.1. The van der Waals surface area contributed by atoms with E-state index < -0.39 is 11.9 Å². The molecule has 0 atom stereocenters. The number of aryl methyl sites for hydroxylation is 1. The number of carbonyl (C=O) groups is 1. The molecule has 0 saturated carbocycles. The molecule has 2 heterocycles. The fourth-order valence-electron chi connectivity index (χ4n) is 2.22. The zero-order chi connectivity index (χ0) is 18.0. The molecule has 1 aromatic carbocycles. The van der Waals surface area contributed by atoms with Gasteiger partial charge < -0.3 is 5.32 Å². The minimum atomic E-state index is -4.52. The third-order valence-electron chi connectivity index (χ3n) is 3.31. The summed E-state index contributed by atoms with van der Waals surface area (Å²) in [7, 11) is 0. The lowest BCUT2D eigenvalue weighted by Gasteiger charge is -2.09. The Kier molecular flexibility index (Phi) is 4.67. The monoisotopic (exact) mass is 366 g/mol. The standard InChI is InChI=1S/C16H13F3N4OS/c1-9-8-12(16(17,18)19)23-13(21-9)6-7-20-14(24)15-22-10-4-2-3-5-11(10)25-15/h2-5,8H,6-7H2,1H3,(H,20,24). The van der Waals surface area contributed by atoms with Gasteiger partial charge in [-0.1, -0.05) is 12.1 Å². The molecule has 0 aliphatic rings. The molecule has 1 amide bonds. The van der Waals surface area contributed by atoms with Crippen LogP contribution in [0.5, 0.6) is 0 Å². The van der Waals surface area contributed by atoms with E-state index in [1.165, 1.54) is 18.3 Å². The van der Waals surface area contributed by atoms with Gasteiger partial charge in [-0.3, -0.25) is 4.79 Å². The van der Waals surface area contributed by atoms with Crippen molar-refractivity contribution in [2.75, 3.05) is 6.54 Å². The number of nitrogens with one attached hydrogen (secondary N) is 1. The van der Waals surface area contributed by atoms with E-state index in [0.717, 1.165) is 16.3 Å². The average Bonchev–Trinajstić information content (AvgIpc) is 2.97. The summed E-state index contributed by atoms with van der Waals surface area (Å²) in [5, 5.41) is 2.94. The first-order chi connectivity index (χ1) is 11.8. The van der Waals surface area contributed by atoms with Crippen molar-refractivity contribution in [3.8, 4) is 0 Å². The second kappa shape index (κ2) is 6.75. The molecule has 0 bridgehead atoms. The summed E-state index contributed by atoms with van der Waals surface area (Å²) in [4.78, 5) is 23.8. The Balaban J connectivity index is 1.64. The number of rotatable bonds is 4. The Hall–Kier alpha value is -2.55. The van der Waals surface area contributed by atoms with E-state index >= 15 is 0 Å². The van der Waals surface area contributed by atoms with Gasteiger partial charge in [0.15, 0.2) is 5.01 Å². The number of amides is 1. The number of hydrogen-bond acceptors (Lipinski definition) is 5. The summed E-state index contributed by atoms with van der Waals surface area (Å²) >= 11 is 1.26. The summed E-state index contributed by atoms with van der Waals surface area (Å²) < 4.78 is 39.2. The first-order valence-electron chi connectivity index (χ1n) is 7.38. The molecule has 0 spiro atoms. The lowest BCUT2D eigenvalue weighted by molar-refractivity contribution is -0.141. The van der Waals surface area contributed by atoms with Crippen molar-refractivity contribution in [1.82, 2.24) is 20.3 Å². The van der Waals surface area contributed by atoms with Crippen molar-refractivity contribution < 1.29 is 18.0 Å². The maximum atomic E-state index is 12.8. The molecule has 5 nitrogen and oxygen atoms in total. The minimum absolute atomic E-state index is 0.0388. The van der Waals surface area contributed by atoms with Crippen molar-refractivity contribution in [3.05, 3.63) is 52.6 Å². The molecule has 130 valence electrons. The zero-order valence-electron chi connectivity index (χ0n) is 13.1. The van der Waals surface area contributed by atoms with Crippen LogP contribution < -0.4 is 5.32 Å². The second-order valence-electron chi connectivity index (χ2n) is 5.30. The van der Waals surface area contributed by atoms with Gasteiger partial charge in [0, 0.05) is 18.7 Å². The van der Waals surface area contributed by atoms with Crippen molar-refractivity contribution in [3.63, 3.8) is 0 Å². The Labute approximate surface area is 145 Å². The number of thiazole rings is 1. The summed E-state index contributed by atoms with van der Waals surface area (Å²) in [6.45, 7) is 1.59. The van der Waals surface area contributed by atoms with E-state index in [2.05, 4.69) is 20.3 Å². The van der Waals surface area contributed by atoms with E-state index in [0.29, 0.717) is 5.01 Å². The SMILES string of the molecule is Cc1cc(C(F)(F)F)nc(CCNC(=O)c2nc3ccccc3s2)n1. The van der Waals surface area contributed by atoms with Gasteiger partial charge in [-0.05, 0) is 25.1 Å². The van der Waals surface area contributed by atoms with Crippen LogP contribution in [0.2, 0.25) is 0 Å². The van der Waals surface area contributed by atoms with Crippen LogP contribution in [-0.2, 0) is 12.6 Å². The largest absolute Gasteiger partial charge is 0.433 e. The number of benzene rings is 1. The fourth-order valence-corrected chi connectivity index (χ4v) is 3.10. The van der Waals surface area contributed by atoms with Crippen LogP contribution in [0.1, 0.15) is 27.0 Å². The number of hydrogen-bond donors (Lipinski definition) is 1. The smallest absolute Gasteiger partial charge is 0.350 e. The molecular formula is C16H13F3N4OS. The molecule has 0 aliphatic carbocycles. The van der Waals surface area contributed by atoms with Crippen LogP contribution >= 0.6 is 11.3 Å². The van der Waals surface area contributed by atoms with Crippen LogP contribution in [0.4, 0.5) is 13.2 Å². The van der Waals surface area contributed by atoms with E-state index in [9.17, 15) is 18.0 Å². The predicted molar refractivity (Wildman–Crippen MR) is 87.4 cm³/mol. The average molecular weight is 366 g/mol. The van der Waals surface area contributed by atoms with Crippen molar-refractivity contribution >= 4 is 27.5 Å². The Morgan fingerprint density at radius 1 is 1.20 bits per heavy atom. The molecule has 0 saturated heterocycles. The van der Waals surface area contributed by atoms with Gasteiger partial charge in [0.05, 0.1) is 10.2 Å². The van der Waals surface area contributed by atoms with Crippen molar-refractivity contribution in [2.45, 2.75) is 19.5 Å². The van der Waals surface area contributed by atoms with Gasteiger partial charge in [-0.25, -0.2) is 15.0 Å². The third kappa shape index (κ3) is 4.11. The van der Waals surface area contributed by atoms with Gasteiger partial charge in [0.25, 0.3) is 5.91 Å². The topological polar surface area (TPSA) is 67.8 Å². The van der Waals surface area contributed by atoms with E-state index in [-0.39, 0.29) is 30.4 Å². The molecule has 3 aromatic rings. The summed E-state index contributed by atoms with van der Waals surface area (Å²) in [6, 6.07) is 8.25. The molecule has 2 aromatic heterocycles. The van der Waals surface area contributed by atoms with E-state index in [4.69, 9.17) is 0 Å². The molecule has 0 unspecified atom stereocenters. The Morgan fingerprint density at radius 2 is 1.96 bits per heavy atom. The molecule has 25 heavy (non-hydrogen) atoms. The number of fused-ring (bicyclic) bond motifs is 1. The third-order valence-corrected chi connectivity index (χ3v) is 4.35. The number of carbonyl (C=O) groups excluding carboxylic acids is 1. The van der Waals surface area contributed by atoms with Gasteiger partial charge in [0.1, 0.15) is 11.5 Å². The van der Waals surface area contributed by atoms with Gasteiger partial charge in [0.2, 0.25) is 0 Å². The van der Waals surface area contributed by atoms with E-state index in [1.54, 1.807) is 0 Å². The van der Waals surface area contributed by atoms with Gasteiger partial charge in [-0.15, -0.1) is 11.3 Å².